The number of carbonyl (C=O) groups excluding carboxylic acids is 4. The lowest BCUT2D eigenvalue weighted by molar-refractivity contribution is -0.141. The maximum absolute atomic E-state index is 13.0. The number of piperazine rings is 1. The molecule has 0 unspecified atom stereocenters. The highest BCUT2D eigenvalue weighted by Gasteiger charge is 2.56. The number of ether oxygens (including phenoxy) is 1. The summed E-state index contributed by atoms with van der Waals surface area (Å²) in [6.07, 6.45) is 3.85. The Morgan fingerprint density at radius 1 is 1.00 bits per heavy atom. The van der Waals surface area contributed by atoms with E-state index in [1.807, 2.05) is 0 Å². The van der Waals surface area contributed by atoms with Crippen LogP contribution in [0.25, 0.3) is 0 Å². The maximum atomic E-state index is 13.0. The van der Waals surface area contributed by atoms with Crippen molar-refractivity contribution in [1.29, 1.82) is 0 Å². The van der Waals surface area contributed by atoms with Gasteiger partial charge in [0.15, 0.2) is 0 Å². The average Bonchev–Trinajstić information content (AvgIpc) is 2.85. The maximum Gasteiger partial charge on any atom is 0.409 e. The quantitative estimate of drug-likeness (QED) is 0.678. The van der Waals surface area contributed by atoms with E-state index in [2.05, 4.69) is 0 Å². The monoisotopic (exact) mass is 380 g/mol. The van der Waals surface area contributed by atoms with Crippen LogP contribution in [0.4, 0.5) is 9.59 Å². The number of carbonyl (C=O) groups is 4. The highest BCUT2D eigenvalue weighted by atomic mass is 16.6. The molecule has 3 rings (SSSR count). The molecule has 1 saturated carbocycles. The van der Waals surface area contributed by atoms with Crippen LogP contribution in [0, 0.1) is 0 Å². The Labute approximate surface area is 159 Å². The molecule has 0 atom stereocenters. The van der Waals surface area contributed by atoms with E-state index in [-0.39, 0.29) is 30.5 Å². The summed E-state index contributed by atoms with van der Waals surface area (Å²) in [5.74, 6) is -0.505. The van der Waals surface area contributed by atoms with Gasteiger partial charge >= 0.3 is 12.1 Å². The summed E-state index contributed by atoms with van der Waals surface area (Å²) in [7, 11) is 1.66. The molecule has 0 radical (unpaired) electrons. The Bertz CT molecular complexity index is 623. The standard InChI is InChI=1S/C18H28N4O5/c1-3-27-17(26)21-11-9-20(10-12-21)14(23)13-22-15(24)18(19(2)16(22)25)7-5-4-6-8-18/h3-13H2,1-2H3. The summed E-state index contributed by atoms with van der Waals surface area (Å²) in [6.45, 7) is 3.34. The van der Waals surface area contributed by atoms with E-state index in [9.17, 15) is 19.2 Å². The van der Waals surface area contributed by atoms with Crippen molar-refractivity contribution < 1.29 is 23.9 Å². The number of imide groups is 1. The lowest BCUT2D eigenvalue weighted by Crippen LogP contribution is -2.53. The topological polar surface area (TPSA) is 90.5 Å². The number of rotatable bonds is 3. The Hall–Kier alpha value is -2.32. The molecule has 0 N–H and O–H groups in total. The first-order chi connectivity index (χ1) is 12.9. The van der Waals surface area contributed by atoms with E-state index in [0.717, 1.165) is 24.2 Å². The second-order valence-electron chi connectivity index (χ2n) is 7.39. The molecular weight excluding hydrogens is 352 g/mol. The molecule has 2 heterocycles. The predicted octanol–water partition coefficient (Wildman–Crippen LogP) is 0.884. The molecule has 2 aliphatic heterocycles. The Morgan fingerprint density at radius 2 is 1.59 bits per heavy atom. The van der Waals surface area contributed by atoms with Gasteiger partial charge in [0.05, 0.1) is 6.61 Å². The normalized spacial score (nSPS) is 22.6. The summed E-state index contributed by atoms with van der Waals surface area (Å²) in [5, 5.41) is 0. The molecule has 9 nitrogen and oxygen atoms in total. The second-order valence-corrected chi connectivity index (χ2v) is 7.39. The minimum Gasteiger partial charge on any atom is -0.450 e. The van der Waals surface area contributed by atoms with Crippen molar-refractivity contribution in [3.63, 3.8) is 0 Å². The zero-order valence-electron chi connectivity index (χ0n) is 16.1. The molecule has 0 bridgehead atoms. The van der Waals surface area contributed by atoms with Crippen LogP contribution in [0.2, 0.25) is 0 Å². The van der Waals surface area contributed by atoms with Crippen LogP contribution in [0.1, 0.15) is 39.0 Å². The fraction of sp³-hybridized carbons (Fsp3) is 0.778. The molecule has 0 aromatic heterocycles. The van der Waals surface area contributed by atoms with E-state index in [1.165, 1.54) is 4.90 Å². The van der Waals surface area contributed by atoms with Crippen molar-refractivity contribution in [3.8, 4) is 0 Å². The summed E-state index contributed by atoms with van der Waals surface area (Å²) in [5.41, 5.74) is -0.766. The number of amides is 5. The van der Waals surface area contributed by atoms with Crippen molar-refractivity contribution in [2.24, 2.45) is 0 Å². The van der Waals surface area contributed by atoms with Gasteiger partial charge in [-0.15, -0.1) is 0 Å². The van der Waals surface area contributed by atoms with Crippen molar-refractivity contribution in [2.45, 2.75) is 44.6 Å². The lowest BCUT2D eigenvalue weighted by Gasteiger charge is -2.36. The van der Waals surface area contributed by atoms with Crippen molar-refractivity contribution in [3.05, 3.63) is 0 Å². The van der Waals surface area contributed by atoms with Crippen molar-refractivity contribution >= 4 is 23.9 Å². The molecule has 0 aromatic rings. The van der Waals surface area contributed by atoms with Crippen molar-refractivity contribution in [2.75, 3.05) is 46.4 Å². The molecule has 0 aromatic carbocycles. The van der Waals surface area contributed by atoms with Crippen LogP contribution in [0.5, 0.6) is 0 Å². The highest BCUT2D eigenvalue weighted by Crippen LogP contribution is 2.39. The Balaban J connectivity index is 1.59. The number of nitrogens with zero attached hydrogens (tertiary/aromatic N) is 4. The molecule has 3 aliphatic rings. The molecule has 1 aliphatic carbocycles. The van der Waals surface area contributed by atoms with Gasteiger partial charge in [-0.25, -0.2) is 9.59 Å². The third-order valence-electron chi connectivity index (χ3n) is 5.94. The number of likely N-dealkylation sites (N-methyl/N-ethyl adjacent to an activating group) is 1. The summed E-state index contributed by atoms with van der Waals surface area (Å²) in [6, 6.07) is -0.389. The van der Waals surface area contributed by atoms with Crippen LogP contribution >= 0.6 is 0 Å². The van der Waals surface area contributed by atoms with Gasteiger partial charge in [0, 0.05) is 33.2 Å². The second kappa shape index (κ2) is 7.74. The molecule has 9 heteroatoms. The van der Waals surface area contributed by atoms with Crippen LogP contribution in [-0.2, 0) is 14.3 Å². The minimum atomic E-state index is -0.766. The molecule has 3 fully saturated rings. The fourth-order valence-electron chi connectivity index (χ4n) is 4.26. The van der Waals surface area contributed by atoms with E-state index in [0.29, 0.717) is 45.6 Å². The van der Waals surface area contributed by atoms with Crippen LogP contribution in [0.15, 0.2) is 0 Å². The van der Waals surface area contributed by atoms with Gasteiger partial charge in [0.25, 0.3) is 5.91 Å². The van der Waals surface area contributed by atoms with Gasteiger partial charge < -0.3 is 19.4 Å². The Kier molecular flexibility index (Phi) is 5.57. The zero-order valence-corrected chi connectivity index (χ0v) is 16.1. The largest absolute Gasteiger partial charge is 0.450 e. The average molecular weight is 380 g/mol. The van der Waals surface area contributed by atoms with Gasteiger partial charge in [-0.1, -0.05) is 19.3 Å². The van der Waals surface area contributed by atoms with E-state index >= 15 is 0 Å². The molecule has 2 saturated heterocycles. The van der Waals surface area contributed by atoms with E-state index in [4.69, 9.17) is 4.74 Å². The minimum absolute atomic E-state index is 0.233. The van der Waals surface area contributed by atoms with Gasteiger partial charge in [0.2, 0.25) is 5.91 Å². The van der Waals surface area contributed by atoms with Gasteiger partial charge in [-0.3, -0.25) is 14.5 Å². The summed E-state index contributed by atoms with van der Waals surface area (Å²) in [4.78, 5) is 55.8. The molecule has 5 amide bonds. The first-order valence-corrected chi connectivity index (χ1v) is 9.70. The third kappa shape index (κ3) is 3.46. The number of urea groups is 1. The molecule has 150 valence electrons. The molecule has 1 spiro atoms. The highest BCUT2D eigenvalue weighted by molar-refractivity contribution is 6.08. The van der Waals surface area contributed by atoms with Crippen LogP contribution in [0.3, 0.4) is 0 Å². The van der Waals surface area contributed by atoms with E-state index in [1.54, 1.807) is 23.8 Å². The summed E-state index contributed by atoms with van der Waals surface area (Å²) < 4.78 is 4.97. The van der Waals surface area contributed by atoms with Crippen LogP contribution in [-0.4, -0.2) is 95.5 Å². The Morgan fingerprint density at radius 3 is 2.19 bits per heavy atom. The lowest BCUT2D eigenvalue weighted by atomic mass is 9.81. The van der Waals surface area contributed by atoms with Gasteiger partial charge in [-0.2, -0.15) is 0 Å². The molecular formula is C18H28N4O5. The first kappa shape index (κ1) is 19.4. The SMILES string of the molecule is CCOC(=O)N1CCN(C(=O)CN2C(=O)N(C)C3(CCCCC3)C2=O)CC1. The third-order valence-corrected chi connectivity index (χ3v) is 5.94. The first-order valence-electron chi connectivity index (χ1n) is 9.70. The number of hydrogen-bond donors (Lipinski definition) is 0. The summed E-state index contributed by atoms with van der Waals surface area (Å²) >= 11 is 0. The zero-order chi connectivity index (χ0) is 19.6. The van der Waals surface area contributed by atoms with E-state index < -0.39 is 5.54 Å². The number of hydrogen-bond acceptors (Lipinski definition) is 5. The van der Waals surface area contributed by atoms with Crippen LogP contribution < -0.4 is 0 Å². The predicted molar refractivity (Wildman–Crippen MR) is 95.9 cm³/mol. The van der Waals surface area contributed by atoms with Gasteiger partial charge in [0.1, 0.15) is 12.1 Å². The van der Waals surface area contributed by atoms with Crippen molar-refractivity contribution in [1.82, 2.24) is 19.6 Å². The fourth-order valence-corrected chi connectivity index (χ4v) is 4.26. The smallest absolute Gasteiger partial charge is 0.409 e. The molecule has 27 heavy (non-hydrogen) atoms. The van der Waals surface area contributed by atoms with Gasteiger partial charge in [-0.05, 0) is 19.8 Å².